The van der Waals surface area contributed by atoms with Crippen molar-refractivity contribution in [3.63, 3.8) is 0 Å². The Kier molecular flexibility index (Phi) is 5.73. The van der Waals surface area contributed by atoms with Crippen molar-refractivity contribution in [3.05, 3.63) is 0 Å². The van der Waals surface area contributed by atoms with E-state index in [4.69, 9.17) is 14.2 Å². The van der Waals surface area contributed by atoms with Gasteiger partial charge in [0, 0.05) is 6.42 Å². The minimum atomic E-state index is -2.23. The Balaban J connectivity index is 0.00000208. The van der Waals surface area contributed by atoms with Gasteiger partial charge in [0.05, 0.1) is 32.7 Å². The minimum Gasteiger partial charge on any atom is -0.390 e. The molecule has 9 atom stereocenters. The van der Waals surface area contributed by atoms with Crippen LogP contribution in [-0.4, -0.2) is 98.3 Å². The lowest BCUT2D eigenvalue weighted by atomic mass is 9.80. The molecule has 3 rings (SSSR count). The van der Waals surface area contributed by atoms with Crippen LogP contribution in [0.2, 0.25) is 0 Å². The molecule has 0 radical (unpaired) electrons. The first-order valence-corrected chi connectivity index (χ1v) is 7.78. The van der Waals surface area contributed by atoms with Gasteiger partial charge in [-0.25, -0.2) is 0 Å². The molecule has 0 amide bonds. The van der Waals surface area contributed by atoms with E-state index in [0.29, 0.717) is 0 Å². The van der Waals surface area contributed by atoms with E-state index in [2.05, 4.69) is 10.6 Å². The molecular formula is C14H27BN2O7. The molecule has 0 bridgehead atoms. The highest BCUT2D eigenvalue weighted by atomic mass is 16.8. The van der Waals surface area contributed by atoms with Crippen molar-refractivity contribution in [3.8, 4) is 0 Å². The highest BCUT2D eigenvalue weighted by Gasteiger charge is 2.63. The molecule has 10 heteroatoms. The van der Waals surface area contributed by atoms with Crippen LogP contribution in [0.5, 0.6) is 0 Å². The van der Waals surface area contributed by atoms with Crippen LogP contribution in [0.15, 0.2) is 0 Å². The highest BCUT2D eigenvalue weighted by Crippen LogP contribution is 2.40. The molecule has 0 aromatic carbocycles. The summed E-state index contributed by atoms with van der Waals surface area (Å²) in [5.41, 5.74) is 0. The number of aliphatic hydroxyl groups is 3. The third-order valence-corrected chi connectivity index (χ3v) is 4.93. The van der Waals surface area contributed by atoms with Crippen LogP contribution in [0, 0.1) is 0 Å². The quantitative estimate of drug-likeness (QED) is 0.317. The summed E-state index contributed by atoms with van der Waals surface area (Å²) >= 11 is 0. The molecule has 0 aromatic rings. The highest BCUT2D eigenvalue weighted by molar-refractivity contribution is 5.87. The fourth-order valence-electron chi connectivity index (χ4n) is 3.68. The van der Waals surface area contributed by atoms with E-state index in [1.807, 2.05) is 0 Å². The van der Waals surface area contributed by atoms with Crippen LogP contribution in [0.4, 0.5) is 0 Å². The summed E-state index contributed by atoms with van der Waals surface area (Å²) in [7, 11) is 3.24. The molecule has 2 heterocycles. The first-order valence-electron chi connectivity index (χ1n) is 7.78. The number of hydrogen-bond donors (Lipinski definition) is 5. The van der Waals surface area contributed by atoms with Gasteiger partial charge >= 0.3 is 0 Å². The molecule has 1 aliphatic carbocycles. The largest absolute Gasteiger partial charge is 0.390 e. The lowest BCUT2D eigenvalue weighted by Crippen LogP contribution is -2.77. The molecule has 2 saturated heterocycles. The monoisotopic (exact) mass is 346 g/mol. The smallest absolute Gasteiger partial charge is 0.280 e. The summed E-state index contributed by atoms with van der Waals surface area (Å²) < 4.78 is 16.8. The fraction of sp³-hybridized carbons (Fsp3) is 0.929. The van der Waals surface area contributed by atoms with Crippen LogP contribution in [0.25, 0.3) is 0 Å². The van der Waals surface area contributed by atoms with Gasteiger partial charge in [-0.1, -0.05) is 0 Å². The molecule has 9 nitrogen and oxygen atoms in total. The predicted octanol–water partition coefficient (Wildman–Crippen LogP) is -4.11. The van der Waals surface area contributed by atoms with Gasteiger partial charge in [-0.15, -0.1) is 0 Å². The molecule has 0 aromatic heterocycles. The molecular weight excluding hydrogens is 319 g/mol. The lowest BCUT2D eigenvalue weighted by Gasteiger charge is -2.55. The normalized spacial score (nSPS) is 51.3. The van der Waals surface area contributed by atoms with Gasteiger partial charge in [-0.3, -0.25) is 4.79 Å². The number of carbonyl (C=O) groups excluding carboxylic acids is 1. The average Bonchev–Trinajstić information content (AvgIpc) is 2.49. The second-order valence-electron chi connectivity index (χ2n) is 6.40. The van der Waals surface area contributed by atoms with Gasteiger partial charge in [0.15, 0.2) is 5.78 Å². The first-order chi connectivity index (χ1) is 10.8. The molecule has 5 N–H and O–H groups in total. The number of ether oxygens (including phenoxy) is 3. The predicted molar refractivity (Wildman–Crippen MR) is 86.3 cm³/mol. The Bertz CT molecular complexity index is 484. The van der Waals surface area contributed by atoms with Crippen molar-refractivity contribution >= 4 is 14.2 Å². The van der Waals surface area contributed by atoms with E-state index in [-0.39, 0.29) is 14.8 Å². The van der Waals surface area contributed by atoms with Crippen molar-refractivity contribution in [2.45, 2.75) is 68.0 Å². The molecule has 0 spiro atoms. The Labute approximate surface area is 142 Å². The van der Waals surface area contributed by atoms with E-state index in [1.54, 1.807) is 21.0 Å². The van der Waals surface area contributed by atoms with Gasteiger partial charge in [-0.2, -0.15) is 0 Å². The SMILES string of the molecule is B.CN[C@@H]1[C@H](O)[C@H](NC)[C@H]2O[C@@]3(O)C(=O)C[C@@H](C)O[C@H]3O[C@@H]2[C@H]1O. The van der Waals surface area contributed by atoms with E-state index >= 15 is 0 Å². The number of aliphatic hydroxyl groups excluding tert-OH is 2. The molecule has 3 aliphatic rings. The summed E-state index contributed by atoms with van der Waals surface area (Å²) in [5, 5.41) is 37.2. The molecule has 2 aliphatic heterocycles. The Morgan fingerprint density at radius 2 is 1.71 bits per heavy atom. The van der Waals surface area contributed by atoms with Crippen LogP contribution in [-0.2, 0) is 19.0 Å². The number of carbonyl (C=O) groups is 1. The minimum absolute atomic E-state index is 0. The van der Waals surface area contributed by atoms with Gasteiger partial charge in [0.1, 0.15) is 18.3 Å². The van der Waals surface area contributed by atoms with Crippen LogP contribution in [0.1, 0.15) is 13.3 Å². The van der Waals surface area contributed by atoms with Gasteiger partial charge in [-0.05, 0) is 21.0 Å². The fourth-order valence-corrected chi connectivity index (χ4v) is 3.68. The van der Waals surface area contributed by atoms with Crippen molar-refractivity contribution in [1.82, 2.24) is 10.6 Å². The Morgan fingerprint density at radius 1 is 1.08 bits per heavy atom. The van der Waals surface area contributed by atoms with E-state index in [1.165, 1.54) is 0 Å². The second-order valence-corrected chi connectivity index (χ2v) is 6.40. The Hall–Kier alpha value is -0.585. The number of likely N-dealkylation sites (N-methyl/N-ethyl adjacent to an activating group) is 2. The number of fused-ring (bicyclic) bond motifs is 2. The summed E-state index contributed by atoms with van der Waals surface area (Å²) in [4.78, 5) is 12.2. The maximum absolute atomic E-state index is 12.2. The Morgan fingerprint density at radius 3 is 2.29 bits per heavy atom. The molecule has 3 fully saturated rings. The summed E-state index contributed by atoms with van der Waals surface area (Å²) in [6.07, 6.45) is -5.58. The van der Waals surface area contributed by atoms with Crippen molar-refractivity contribution in [2.24, 2.45) is 0 Å². The standard InChI is InChI=1S/C14H24N2O7.BH3/c1-5-4-6(17)14(20)13(21-5)22-12-10(19)7(15-2)9(18)8(16-3)11(12)23-14;/h5,7-13,15-16,18-20H,4H2,1-3H3;1H3/t5-,7-,8+,9+,10+,11-,12-,13+,14+;/m1./s1. The number of nitrogens with one attached hydrogen (secondary N) is 2. The maximum atomic E-state index is 12.2. The zero-order valence-electron chi connectivity index (χ0n) is 13.3. The zero-order valence-corrected chi connectivity index (χ0v) is 13.3. The molecule has 138 valence electrons. The topological polar surface area (TPSA) is 130 Å². The van der Waals surface area contributed by atoms with Crippen molar-refractivity contribution < 1.29 is 34.3 Å². The second kappa shape index (κ2) is 6.97. The van der Waals surface area contributed by atoms with Crippen molar-refractivity contribution in [2.75, 3.05) is 14.1 Å². The zero-order chi connectivity index (χ0) is 16.9. The van der Waals surface area contributed by atoms with Crippen LogP contribution in [0.3, 0.4) is 0 Å². The summed E-state index contributed by atoms with van der Waals surface area (Å²) in [6.45, 7) is 1.70. The average molecular weight is 346 g/mol. The number of Topliss-reactive ketones (excluding diaryl/α,β-unsaturated/α-hetero) is 1. The van der Waals surface area contributed by atoms with E-state index < -0.39 is 60.5 Å². The number of rotatable bonds is 2. The van der Waals surface area contributed by atoms with Crippen LogP contribution >= 0.6 is 0 Å². The van der Waals surface area contributed by atoms with Gasteiger partial charge in [0.25, 0.3) is 5.79 Å². The molecule has 24 heavy (non-hydrogen) atoms. The first kappa shape index (κ1) is 19.7. The summed E-state index contributed by atoms with van der Waals surface area (Å²) in [6, 6.07) is -1.29. The van der Waals surface area contributed by atoms with Gasteiger partial charge in [0.2, 0.25) is 6.29 Å². The molecule has 1 saturated carbocycles. The third-order valence-electron chi connectivity index (χ3n) is 4.93. The van der Waals surface area contributed by atoms with E-state index in [9.17, 15) is 20.1 Å². The third kappa shape index (κ3) is 2.80. The van der Waals surface area contributed by atoms with Gasteiger partial charge < -0.3 is 40.2 Å². The number of hydrogen-bond acceptors (Lipinski definition) is 9. The number of ketones is 1. The van der Waals surface area contributed by atoms with E-state index in [0.717, 1.165) is 0 Å². The molecule has 0 unspecified atom stereocenters. The van der Waals surface area contributed by atoms with Crippen molar-refractivity contribution in [1.29, 1.82) is 0 Å². The summed E-state index contributed by atoms with van der Waals surface area (Å²) in [5.74, 6) is -2.76. The van der Waals surface area contributed by atoms with Crippen LogP contribution < -0.4 is 10.6 Å². The lowest BCUT2D eigenvalue weighted by molar-refractivity contribution is -0.420. The maximum Gasteiger partial charge on any atom is 0.280 e.